The minimum absolute atomic E-state index is 0.00603. The second-order valence-corrected chi connectivity index (χ2v) is 6.84. The van der Waals surface area contributed by atoms with Crippen molar-refractivity contribution < 1.29 is 9.59 Å². The standard InChI is InChI=1S/C19H31N5O2/c1-3-4-11-24(19(26)17-15-21-16(2)14-22-17)12-7-18(25)20-8-13-23-9-5-6-10-23/h14-15H,3-13H2,1-2H3,(H,20,25). The van der Waals surface area contributed by atoms with Crippen molar-refractivity contribution in [3.05, 3.63) is 23.8 Å². The number of rotatable bonds is 10. The smallest absolute Gasteiger partial charge is 0.274 e. The molecule has 1 fully saturated rings. The Labute approximate surface area is 156 Å². The van der Waals surface area contributed by atoms with Crippen LogP contribution in [-0.2, 0) is 4.79 Å². The summed E-state index contributed by atoms with van der Waals surface area (Å²) in [6, 6.07) is 0. The van der Waals surface area contributed by atoms with Crippen LogP contribution in [0.15, 0.2) is 12.4 Å². The summed E-state index contributed by atoms with van der Waals surface area (Å²) >= 11 is 0. The van der Waals surface area contributed by atoms with Gasteiger partial charge in [-0.25, -0.2) is 4.98 Å². The summed E-state index contributed by atoms with van der Waals surface area (Å²) < 4.78 is 0. The Bertz CT molecular complexity index is 570. The summed E-state index contributed by atoms with van der Waals surface area (Å²) in [4.78, 5) is 37.1. The number of aromatic nitrogens is 2. The van der Waals surface area contributed by atoms with E-state index in [1.165, 1.54) is 19.0 Å². The number of hydrogen-bond donors (Lipinski definition) is 1. The molecule has 0 aliphatic carbocycles. The van der Waals surface area contributed by atoms with Crippen molar-refractivity contribution in [1.29, 1.82) is 0 Å². The van der Waals surface area contributed by atoms with E-state index in [4.69, 9.17) is 0 Å². The van der Waals surface area contributed by atoms with Gasteiger partial charge in [0.25, 0.3) is 5.91 Å². The van der Waals surface area contributed by atoms with Gasteiger partial charge in [-0.3, -0.25) is 14.6 Å². The largest absolute Gasteiger partial charge is 0.355 e. The highest BCUT2D eigenvalue weighted by atomic mass is 16.2. The maximum Gasteiger partial charge on any atom is 0.274 e. The van der Waals surface area contributed by atoms with Gasteiger partial charge < -0.3 is 15.1 Å². The minimum Gasteiger partial charge on any atom is -0.355 e. The molecule has 0 bridgehead atoms. The third kappa shape index (κ3) is 6.71. The van der Waals surface area contributed by atoms with Gasteiger partial charge >= 0.3 is 0 Å². The van der Waals surface area contributed by atoms with Gasteiger partial charge in [-0.1, -0.05) is 13.3 Å². The van der Waals surface area contributed by atoms with E-state index in [1.807, 2.05) is 6.92 Å². The number of hydrogen-bond acceptors (Lipinski definition) is 5. The maximum absolute atomic E-state index is 12.6. The second kappa shape index (κ2) is 10.9. The zero-order valence-electron chi connectivity index (χ0n) is 16.0. The van der Waals surface area contributed by atoms with Crippen LogP contribution in [0.25, 0.3) is 0 Å². The molecule has 0 atom stereocenters. The molecule has 1 aromatic heterocycles. The molecular weight excluding hydrogens is 330 g/mol. The lowest BCUT2D eigenvalue weighted by Crippen LogP contribution is -2.38. The molecule has 1 aromatic rings. The van der Waals surface area contributed by atoms with Crippen molar-refractivity contribution in [3.63, 3.8) is 0 Å². The minimum atomic E-state index is -0.157. The van der Waals surface area contributed by atoms with Gasteiger partial charge in [0.1, 0.15) is 5.69 Å². The predicted octanol–water partition coefficient (Wildman–Crippen LogP) is 1.63. The first-order chi connectivity index (χ1) is 12.6. The normalized spacial score (nSPS) is 14.4. The van der Waals surface area contributed by atoms with Gasteiger partial charge in [0.05, 0.1) is 11.9 Å². The van der Waals surface area contributed by atoms with Crippen molar-refractivity contribution in [3.8, 4) is 0 Å². The quantitative estimate of drug-likeness (QED) is 0.685. The van der Waals surface area contributed by atoms with Crippen LogP contribution in [0.2, 0.25) is 0 Å². The highest BCUT2D eigenvalue weighted by Gasteiger charge is 2.18. The Morgan fingerprint density at radius 3 is 2.62 bits per heavy atom. The summed E-state index contributed by atoms with van der Waals surface area (Å²) in [5, 5.41) is 2.96. The predicted molar refractivity (Wildman–Crippen MR) is 101 cm³/mol. The van der Waals surface area contributed by atoms with Gasteiger partial charge in [0.2, 0.25) is 5.91 Å². The number of carbonyl (C=O) groups is 2. The van der Waals surface area contributed by atoms with Crippen molar-refractivity contribution >= 4 is 11.8 Å². The first kappa shape index (κ1) is 20.3. The summed E-state index contributed by atoms with van der Waals surface area (Å²) in [5.41, 5.74) is 1.11. The van der Waals surface area contributed by atoms with Crippen LogP contribution in [0.1, 0.15) is 55.2 Å². The first-order valence-electron chi connectivity index (χ1n) is 9.67. The number of nitrogens with one attached hydrogen (secondary N) is 1. The Balaban J connectivity index is 1.79. The third-order valence-corrected chi connectivity index (χ3v) is 4.63. The number of carbonyl (C=O) groups excluding carboxylic acids is 2. The van der Waals surface area contributed by atoms with Crippen LogP contribution in [-0.4, -0.2) is 70.9 Å². The van der Waals surface area contributed by atoms with Crippen molar-refractivity contribution in [2.75, 3.05) is 39.3 Å². The maximum atomic E-state index is 12.6. The zero-order valence-corrected chi connectivity index (χ0v) is 16.0. The summed E-state index contributed by atoms with van der Waals surface area (Å²) in [7, 11) is 0. The molecule has 1 aliphatic rings. The van der Waals surface area contributed by atoms with E-state index < -0.39 is 0 Å². The summed E-state index contributed by atoms with van der Waals surface area (Å²) in [6.45, 7) is 8.80. The SMILES string of the molecule is CCCCN(CCC(=O)NCCN1CCCC1)C(=O)c1cnc(C)cn1. The van der Waals surface area contributed by atoms with E-state index in [-0.39, 0.29) is 11.8 Å². The summed E-state index contributed by atoms with van der Waals surface area (Å²) in [5.74, 6) is -0.163. The zero-order chi connectivity index (χ0) is 18.8. The topological polar surface area (TPSA) is 78.4 Å². The fraction of sp³-hybridized carbons (Fsp3) is 0.684. The number of amides is 2. The highest BCUT2D eigenvalue weighted by Crippen LogP contribution is 2.06. The lowest BCUT2D eigenvalue weighted by atomic mass is 10.2. The van der Waals surface area contributed by atoms with E-state index in [0.717, 1.165) is 38.2 Å². The van der Waals surface area contributed by atoms with E-state index in [1.54, 1.807) is 11.1 Å². The van der Waals surface area contributed by atoms with Crippen LogP contribution in [0.4, 0.5) is 0 Å². The molecule has 2 heterocycles. The lowest BCUT2D eigenvalue weighted by Gasteiger charge is -2.22. The molecule has 26 heavy (non-hydrogen) atoms. The molecule has 0 saturated carbocycles. The second-order valence-electron chi connectivity index (χ2n) is 6.84. The van der Waals surface area contributed by atoms with Crippen LogP contribution in [0.5, 0.6) is 0 Å². The molecule has 1 N–H and O–H groups in total. The Morgan fingerprint density at radius 2 is 1.96 bits per heavy atom. The number of unbranched alkanes of at least 4 members (excludes halogenated alkanes) is 1. The fourth-order valence-corrected chi connectivity index (χ4v) is 3.01. The lowest BCUT2D eigenvalue weighted by molar-refractivity contribution is -0.121. The molecule has 0 radical (unpaired) electrons. The average Bonchev–Trinajstić information content (AvgIpc) is 3.15. The van der Waals surface area contributed by atoms with Crippen molar-refractivity contribution in [2.24, 2.45) is 0 Å². The molecule has 1 saturated heterocycles. The van der Waals surface area contributed by atoms with Crippen LogP contribution in [0, 0.1) is 6.92 Å². The molecule has 2 rings (SSSR count). The van der Waals surface area contributed by atoms with Gasteiger partial charge in [-0.2, -0.15) is 0 Å². The Morgan fingerprint density at radius 1 is 1.19 bits per heavy atom. The van der Waals surface area contributed by atoms with Crippen LogP contribution >= 0.6 is 0 Å². The fourth-order valence-electron chi connectivity index (χ4n) is 3.01. The highest BCUT2D eigenvalue weighted by molar-refractivity contribution is 5.92. The van der Waals surface area contributed by atoms with Gasteiger partial charge in [-0.15, -0.1) is 0 Å². The molecule has 7 nitrogen and oxygen atoms in total. The number of likely N-dealkylation sites (tertiary alicyclic amines) is 1. The first-order valence-corrected chi connectivity index (χ1v) is 9.67. The van der Waals surface area contributed by atoms with E-state index in [0.29, 0.717) is 31.7 Å². The van der Waals surface area contributed by atoms with Gasteiger partial charge in [-0.05, 0) is 39.3 Å². The molecule has 0 unspecified atom stereocenters. The van der Waals surface area contributed by atoms with Crippen LogP contribution in [0.3, 0.4) is 0 Å². The van der Waals surface area contributed by atoms with Crippen molar-refractivity contribution in [2.45, 2.75) is 46.0 Å². The summed E-state index contributed by atoms with van der Waals surface area (Å²) in [6.07, 6.45) is 7.82. The van der Waals surface area contributed by atoms with Gasteiger partial charge in [0, 0.05) is 38.8 Å². The Hall–Kier alpha value is -2.02. The number of aryl methyl sites for hydroxylation is 1. The average molecular weight is 361 g/mol. The monoisotopic (exact) mass is 361 g/mol. The van der Waals surface area contributed by atoms with Crippen LogP contribution < -0.4 is 5.32 Å². The Kier molecular flexibility index (Phi) is 8.47. The molecule has 0 spiro atoms. The molecule has 144 valence electrons. The van der Waals surface area contributed by atoms with E-state index in [2.05, 4.69) is 27.1 Å². The van der Waals surface area contributed by atoms with E-state index >= 15 is 0 Å². The van der Waals surface area contributed by atoms with Crippen molar-refractivity contribution in [1.82, 2.24) is 25.1 Å². The third-order valence-electron chi connectivity index (χ3n) is 4.63. The molecule has 0 aromatic carbocycles. The molecule has 2 amide bonds. The molecule has 7 heteroatoms. The number of nitrogens with zero attached hydrogens (tertiary/aromatic N) is 4. The molecule has 1 aliphatic heterocycles. The van der Waals surface area contributed by atoms with Gasteiger partial charge in [0.15, 0.2) is 0 Å². The molecular formula is C19H31N5O2. The van der Waals surface area contributed by atoms with E-state index in [9.17, 15) is 9.59 Å².